The fourth-order valence-corrected chi connectivity index (χ4v) is 5.71. The Morgan fingerprint density at radius 1 is 1.08 bits per heavy atom. The molecule has 2 unspecified atom stereocenters. The van der Waals surface area contributed by atoms with E-state index in [9.17, 15) is 13.2 Å². The second-order valence-corrected chi connectivity index (χ2v) is 9.26. The maximum Gasteiger partial charge on any atom is 0.254 e. The average Bonchev–Trinajstić information content (AvgIpc) is 2.67. The summed E-state index contributed by atoms with van der Waals surface area (Å²) >= 11 is 0. The van der Waals surface area contributed by atoms with Gasteiger partial charge in [0.25, 0.3) is 5.91 Å². The van der Waals surface area contributed by atoms with Crippen LogP contribution >= 0.6 is 0 Å². The quantitative estimate of drug-likeness (QED) is 0.869. The maximum absolute atomic E-state index is 12.9. The third-order valence-electron chi connectivity index (χ3n) is 5.61. The van der Waals surface area contributed by atoms with Crippen LogP contribution in [0.3, 0.4) is 0 Å². The molecule has 6 nitrogen and oxygen atoms in total. The molecule has 0 radical (unpaired) electrons. The molecule has 7 heteroatoms. The number of rotatable bonds is 4. The molecule has 1 aromatic rings. The molecule has 1 aromatic carbocycles. The van der Waals surface area contributed by atoms with Crippen LogP contribution in [0, 0.1) is 0 Å². The topological polar surface area (TPSA) is 83.7 Å². The highest BCUT2D eigenvalue weighted by Crippen LogP contribution is 2.26. The van der Waals surface area contributed by atoms with Gasteiger partial charge in [-0.1, -0.05) is 6.42 Å². The largest absolute Gasteiger partial charge is 0.334 e. The van der Waals surface area contributed by atoms with Crippen LogP contribution in [0.2, 0.25) is 0 Å². The van der Waals surface area contributed by atoms with E-state index in [0.29, 0.717) is 25.2 Å². The molecule has 0 spiro atoms. The molecular formula is C19H29N3O3S. The van der Waals surface area contributed by atoms with E-state index in [-0.39, 0.29) is 22.9 Å². The number of nitrogens with two attached hydrogens (primary N) is 1. The number of piperidine rings is 2. The predicted molar refractivity (Wildman–Crippen MR) is 101 cm³/mol. The summed E-state index contributed by atoms with van der Waals surface area (Å²) in [5, 5.41) is 0. The predicted octanol–water partition coefficient (Wildman–Crippen LogP) is 2.20. The summed E-state index contributed by atoms with van der Waals surface area (Å²) in [5.41, 5.74) is 6.33. The number of amides is 1. The van der Waals surface area contributed by atoms with Gasteiger partial charge in [-0.05, 0) is 63.3 Å². The monoisotopic (exact) mass is 379 g/mol. The number of likely N-dealkylation sites (tertiary alicyclic amines) is 1. The minimum absolute atomic E-state index is 0.0220. The molecule has 2 fully saturated rings. The molecule has 2 heterocycles. The Kier molecular flexibility index (Phi) is 5.99. The molecule has 2 saturated heterocycles. The van der Waals surface area contributed by atoms with E-state index in [2.05, 4.69) is 0 Å². The summed E-state index contributed by atoms with van der Waals surface area (Å²) in [6.45, 7) is 3.70. The first-order chi connectivity index (χ1) is 12.4. The van der Waals surface area contributed by atoms with Gasteiger partial charge in [0.05, 0.1) is 4.90 Å². The van der Waals surface area contributed by atoms with Crippen molar-refractivity contribution in [2.24, 2.45) is 5.73 Å². The fraction of sp³-hybridized carbons (Fsp3) is 0.632. The highest BCUT2D eigenvalue weighted by Gasteiger charge is 2.31. The zero-order chi connectivity index (χ0) is 18.7. The van der Waals surface area contributed by atoms with Crippen LogP contribution in [0.15, 0.2) is 29.2 Å². The van der Waals surface area contributed by atoms with Crippen molar-refractivity contribution in [1.29, 1.82) is 0 Å². The summed E-state index contributed by atoms with van der Waals surface area (Å²) in [4.78, 5) is 14.9. The first kappa shape index (κ1) is 19.3. The molecule has 3 rings (SSSR count). The van der Waals surface area contributed by atoms with Gasteiger partial charge in [-0.25, -0.2) is 8.42 Å². The molecule has 26 heavy (non-hydrogen) atoms. The summed E-state index contributed by atoms with van der Waals surface area (Å²) in [7, 11) is -3.51. The highest BCUT2D eigenvalue weighted by molar-refractivity contribution is 7.89. The fourth-order valence-electron chi connectivity index (χ4n) is 4.01. The van der Waals surface area contributed by atoms with Crippen LogP contribution < -0.4 is 5.73 Å². The summed E-state index contributed by atoms with van der Waals surface area (Å²) < 4.78 is 27.4. The van der Waals surface area contributed by atoms with Crippen LogP contribution in [0.25, 0.3) is 0 Å². The molecule has 2 aliphatic rings. The van der Waals surface area contributed by atoms with E-state index in [0.717, 1.165) is 38.5 Å². The third-order valence-corrected chi connectivity index (χ3v) is 7.64. The number of hydrogen-bond donors (Lipinski definition) is 1. The molecule has 2 aliphatic heterocycles. The van der Waals surface area contributed by atoms with Crippen molar-refractivity contribution < 1.29 is 13.2 Å². The van der Waals surface area contributed by atoms with Crippen LogP contribution in [-0.2, 0) is 10.0 Å². The van der Waals surface area contributed by atoms with Gasteiger partial charge in [0.2, 0.25) is 10.0 Å². The lowest BCUT2D eigenvalue weighted by Gasteiger charge is -2.35. The number of benzene rings is 1. The standard InChI is InChI=1S/C19H29N3O3S/c1-15-6-2-5-13-22(15)26(24,25)18-10-8-16(9-11-18)19(23)21-12-4-3-7-17(21)14-20/h8-11,15,17H,2-7,12-14,20H2,1H3. The van der Waals surface area contributed by atoms with Crippen molar-refractivity contribution >= 4 is 15.9 Å². The van der Waals surface area contributed by atoms with Crippen molar-refractivity contribution in [3.63, 3.8) is 0 Å². The highest BCUT2D eigenvalue weighted by atomic mass is 32.2. The number of nitrogens with zero attached hydrogens (tertiary/aromatic N) is 2. The van der Waals surface area contributed by atoms with Gasteiger partial charge in [-0.2, -0.15) is 4.31 Å². The molecule has 0 saturated carbocycles. The SMILES string of the molecule is CC1CCCCN1S(=O)(=O)c1ccc(C(=O)N2CCCCC2CN)cc1. The minimum Gasteiger partial charge on any atom is -0.334 e. The van der Waals surface area contributed by atoms with Gasteiger partial charge in [0.1, 0.15) is 0 Å². The van der Waals surface area contributed by atoms with E-state index in [4.69, 9.17) is 5.73 Å². The van der Waals surface area contributed by atoms with Gasteiger partial charge in [-0.15, -0.1) is 0 Å². The zero-order valence-corrected chi connectivity index (χ0v) is 16.2. The Balaban J connectivity index is 1.78. The normalized spacial score (nSPS) is 25.2. The third kappa shape index (κ3) is 3.80. The van der Waals surface area contributed by atoms with Crippen LogP contribution in [0.4, 0.5) is 0 Å². The number of carbonyl (C=O) groups excluding carboxylic acids is 1. The van der Waals surface area contributed by atoms with E-state index in [1.807, 2.05) is 11.8 Å². The van der Waals surface area contributed by atoms with Crippen LogP contribution in [-0.4, -0.2) is 55.2 Å². The van der Waals surface area contributed by atoms with Crippen molar-refractivity contribution in [2.45, 2.75) is 62.4 Å². The zero-order valence-electron chi connectivity index (χ0n) is 15.4. The minimum atomic E-state index is -3.51. The average molecular weight is 380 g/mol. The van der Waals surface area contributed by atoms with E-state index in [1.165, 1.54) is 0 Å². The molecule has 1 amide bonds. The molecular weight excluding hydrogens is 350 g/mol. The van der Waals surface area contributed by atoms with Crippen LogP contribution in [0.1, 0.15) is 55.8 Å². The smallest absolute Gasteiger partial charge is 0.254 e. The number of sulfonamides is 1. The second kappa shape index (κ2) is 8.06. The van der Waals surface area contributed by atoms with Crippen molar-refractivity contribution in [2.75, 3.05) is 19.6 Å². The Morgan fingerprint density at radius 2 is 1.73 bits per heavy atom. The Hall–Kier alpha value is -1.44. The summed E-state index contributed by atoms with van der Waals surface area (Å²) in [6.07, 6.45) is 5.87. The molecule has 0 aromatic heterocycles. The summed E-state index contributed by atoms with van der Waals surface area (Å²) in [5.74, 6) is -0.0598. The first-order valence-electron chi connectivity index (χ1n) is 9.58. The van der Waals surface area contributed by atoms with Gasteiger partial charge < -0.3 is 10.6 Å². The Labute approximate surface area is 156 Å². The summed E-state index contributed by atoms with van der Waals surface area (Å²) in [6, 6.07) is 6.48. The van der Waals surface area contributed by atoms with Gasteiger partial charge in [0, 0.05) is 37.3 Å². The first-order valence-corrected chi connectivity index (χ1v) is 11.0. The van der Waals surface area contributed by atoms with Crippen molar-refractivity contribution in [1.82, 2.24) is 9.21 Å². The molecule has 2 N–H and O–H groups in total. The molecule has 0 bridgehead atoms. The van der Waals surface area contributed by atoms with Crippen molar-refractivity contribution in [3.05, 3.63) is 29.8 Å². The number of carbonyl (C=O) groups is 1. The Morgan fingerprint density at radius 3 is 2.38 bits per heavy atom. The van der Waals surface area contributed by atoms with Gasteiger partial charge in [0.15, 0.2) is 0 Å². The van der Waals surface area contributed by atoms with Gasteiger partial charge >= 0.3 is 0 Å². The van der Waals surface area contributed by atoms with E-state index in [1.54, 1.807) is 28.6 Å². The van der Waals surface area contributed by atoms with E-state index >= 15 is 0 Å². The van der Waals surface area contributed by atoms with Crippen molar-refractivity contribution in [3.8, 4) is 0 Å². The second-order valence-electron chi connectivity index (χ2n) is 7.37. The van der Waals surface area contributed by atoms with E-state index < -0.39 is 10.0 Å². The molecule has 2 atom stereocenters. The molecule has 0 aliphatic carbocycles. The molecule has 144 valence electrons. The van der Waals surface area contributed by atoms with Crippen LogP contribution in [0.5, 0.6) is 0 Å². The lowest BCUT2D eigenvalue weighted by molar-refractivity contribution is 0.0623. The van der Waals surface area contributed by atoms with Gasteiger partial charge in [-0.3, -0.25) is 4.79 Å². The Bertz CT molecular complexity index is 733. The lowest BCUT2D eigenvalue weighted by atomic mass is 10.0. The maximum atomic E-state index is 12.9. The lowest BCUT2D eigenvalue weighted by Crippen LogP contribution is -2.47. The number of hydrogen-bond acceptors (Lipinski definition) is 4.